The van der Waals surface area contributed by atoms with E-state index >= 15 is 4.39 Å². The maximum absolute atomic E-state index is 15.0. The molecule has 4 fully saturated rings. The van der Waals surface area contributed by atoms with Crippen molar-refractivity contribution in [2.75, 3.05) is 44.2 Å². The molecule has 2 aromatic rings. The molecule has 0 radical (unpaired) electrons. The highest BCUT2D eigenvalue weighted by molar-refractivity contribution is 5.90. The Balaban J connectivity index is 1.27. The van der Waals surface area contributed by atoms with Gasteiger partial charge in [-0.25, -0.2) is 18.0 Å². The zero-order valence-corrected chi connectivity index (χ0v) is 23.7. The van der Waals surface area contributed by atoms with Crippen LogP contribution in [0.1, 0.15) is 59.8 Å². The molecular formula is C29H38F3N5O3. The second-order valence-electron chi connectivity index (χ2n) is 13.4. The first-order valence-electron chi connectivity index (χ1n) is 14.3. The van der Waals surface area contributed by atoms with Crippen LogP contribution in [0.25, 0.3) is 10.9 Å². The minimum atomic E-state index is -0.780. The van der Waals surface area contributed by atoms with Crippen molar-refractivity contribution in [3.05, 3.63) is 23.8 Å². The number of aromatic nitrogens is 2. The zero-order chi connectivity index (χ0) is 28.4. The lowest BCUT2D eigenvalue weighted by Crippen LogP contribution is -2.63. The lowest BCUT2D eigenvalue weighted by atomic mass is 9.97. The molecule has 1 aromatic heterocycles. The maximum Gasteiger partial charge on any atom is 0.411 e. The van der Waals surface area contributed by atoms with Gasteiger partial charge in [-0.05, 0) is 65.9 Å². The van der Waals surface area contributed by atoms with Gasteiger partial charge in [0.25, 0.3) is 0 Å². The van der Waals surface area contributed by atoms with Crippen molar-refractivity contribution < 1.29 is 27.4 Å². The molecule has 218 valence electrons. The second kappa shape index (κ2) is 9.63. The van der Waals surface area contributed by atoms with E-state index < -0.39 is 28.9 Å². The fourth-order valence-electron chi connectivity index (χ4n) is 6.64. The van der Waals surface area contributed by atoms with Gasteiger partial charge in [0, 0.05) is 49.6 Å². The van der Waals surface area contributed by atoms with Gasteiger partial charge in [0.05, 0.1) is 18.2 Å². The number of alkyl halides is 1. The van der Waals surface area contributed by atoms with Crippen molar-refractivity contribution in [3.8, 4) is 6.01 Å². The van der Waals surface area contributed by atoms with Crippen LogP contribution in [0.3, 0.4) is 0 Å². The fourth-order valence-corrected chi connectivity index (χ4v) is 6.64. The van der Waals surface area contributed by atoms with E-state index in [1.165, 1.54) is 6.07 Å². The molecule has 3 atom stereocenters. The van der Waals surface area contributed by atoms with Crippen molar-refractivity contribution in [1.82, 2.24) is 19.8 Å². The van der Waals surface area contributed by atoms with Gasteiger partial charge in [0.1, 0.15) is 28.9 Å². The molecule has 3 aliphatic heterocycles. The Bertz CT molecular complexity index is 1320. The predicted molar refractivity (Wildman–Crippen MR) is 144 cm³/mol. The summed E-state index contributed by atoms with van der Waals surface area (Å²) in [5, 5.41) is 0.269. The molecule has 40 heavy (non-hydrogen) atoms. The van der Waals surface area contributed by atoms with Gasteiger partial charge >= 0.3 is 12.1 Å². The van der Waals surface area contributed by atoms with Crippen molar-refractivity contribution >= 4 is 22.8 Å². The molecule has 0 unspecified atom stereocenters. The van der Waals surface area contributed by atoms with Crippen LogP contribution in [0.2, 0.25) is 0 Å². The number of carbonyl (C=O) groups is 1. The first-order valence-corrected chi connectivity index (χ1v) is 14.3. The summed E-state index contributed by atoms with van der Waals surface area (Å²) in [7, 11) is 0. The number of carbonyl (C=O) groups excluding carboxylic acids is 1. The van der Waals surface area contributed by atoms with Crippen LogP contribution in [0.15, 0.2) is 12.1 Å². The summed E-state index contributed by atoms with van der Waals surface area (Å²) in [5.41, 5.74) is -1.24. The van der Waals surface area contributed by atoms with Gasteiger partial charge in [-0.2, -0.15) is 9.97 Å². The average Bonchev–Trinajstić information content (AvgIpc) is 3.43. The highest BCUT2D eigenvalue weighted by atomic mass is 19.1. The third-order valence-corrected chi connectivity index (χ3v) is 8.73. The highest BCUT2D eigenvalue weighted by Crippen LogP contribution is 2.47. The van der Waals surface area contributed by atoms with Gasteiger partial charge in [0.15, 0.2) is 5.82 Å². The van der Waals surface area contributed by atoms with Crippen LogP contribution in [-0.2, 0) is 4.74 Å². The first kappa shape index (κ1) is 27.4. The Morgan fingerprint density at radius 3 is 2.55 bits per heavy atom. The number of piperazine rings is 1. The van der Waals surface area contributed by atoms with Gasteiger partial charge < -0.3 is 14.4 Å². The number of ether oxygens (including phenoxy) is 2. The maximum atomic E-state index is 15.0. The van der Waals surface area contributed by atoms with Gasteiger partial charge in [-0.15, -0.1) is 0 Å². The van der Waals surface area contributed by atoms with E-state index in [1.54, 1.807) is 0 Å². The molecule has 1 saturated carbocycles. The molecule has 0 N–H and O–H groups in total. The smallest absolute Gasteiger partial charge is 0.411 e. The Hall–Kier alpha value is -2.82. The van der Waals surface area contributed by atoms with Crippen molar-refractivity contribution in [2.24, 2.45) is 5.41 Å². The third kappa shape index (κ3) is 5.29. The van der Waals surface area contributed by atoms with E-state index in [0.717, 1.165) is 44.8 Å². The van der Waals surface area contributed by atoms with E-state index in [4.69, 9.17) is 9.47 Å². The minimum Gasteiger partial charge on any atom is -0.463 e. The van der Waals surface area contributed by atoms with E-state index in [2.05, 4.69) is 14.9 Å². The number of likely N-dealkylation sites (tertiary alicyclic amines) is 1. The quantitative estimate of drug-likeness (QED) is 0.487. The third-order valence-electron chi connectivity index (χ3n) is 8.73. The Morgan fingerprint density at radius 2 is 1.90 bits per heavy atom. The molecule has 6 rings (SSSR count). The van der Waals surface area contributed by atoms with Crippen LogP contribution in [0, 0.1) is 17.0 Å². The average molecular weight is 562 g/mol. The van der Waals surface area contributed by atoms with Gasteiger partial charge in [-0.1, -0.05) is 0 Å². The van der Waals surface area contributed by atoms with Crippen molar-refractivity contribution in [3.63, 3.8) is 0 Å². The Kier molecular flexibility index (Phi) is 6.59. The fraction of sp³-hybridized carbons (Fsp3) is 0.690. The number of fused-ring (bicyclic) bond motifs is 3. The normalized spacial score (nSPS) is 27.9. The summed E-state index contributed by atoms with van der Waals surface area (Å²) in [5.74, 6) is -1.10. The molecule has 11 heteroatoms. The lowest BCUT2D eigenvalue weighted by molar-refractivity contribution is -0.00280. The van der Waals surface area contributed by atoms with Crippen LogP contribution in [0.5, 0.6) is 6.01 Å². The monoisotopic (exact) mass is 561 g/mol. The molecule has 4 heterocycles. The molecule has 1 aliphatic carbocycles. The summed E-state index contributed by atoms with van der Waals surface area (Å²) in [4.78, 5) is 28.1. The first-order chi connectivity index (χ1) is 18.8. The Labute approximate surface area is 232 Å². The predicted octanol–water partition coefficient (Wildman–Crippen LogP) is 5.09. The molecule has 8 nitrogen and oxygen atoms in total. The summed E-state index contributed by atoms with van der Waals surface area (Å²) < 4.78 is 54.9. The van der Waals surface area contributed by atoms with E-state index in [9.17, 15) is 13.6 Å². The number of nitrogens with zero attached hydrogens (tertiary/aromatic N) is 5. The largest absolute Gasteiger partial charge is 0.463 e. The van der Waals surface area contributed by atoms with Crippen molar-refractivity contribution in [2.45, 2.75) is 83.2 Å². The van der Waals surface area contributed by atoms with Crippen LogP contribution < -0.4 is 9.64 Å². The summed E-state index contributed by atoms with van der Waals surface area (Å²) in [6, 6.07) is 1.98. The standard InChI is InChI=1S/C29H38F3N5O3/c1-27(2,3)40-26(38)37-20-5-7-28(37,4)15-36(14-20)24-21-11-19(31)12-22(32)23(21)33-25(34-24)39-17-29(8-9-29)16-35-10-6-18(30)13-35/h11-12,18,20H,5-10,13-17H2,1-4H3/t18-,20-,28+/m1/s1. The van der Waals surface area contributed by atoms with Gasteiger partial charge in [0.2, 0.25) is 0 Å². The van der Waals surface area contributed by atoms with E-state index in [0.29, 0.717) is 38.5 Å². The van der Waals surface area contributed by atoms with E-state index in [1.807, 2.05) is 37.5 Å². The van der Waals surface area contributed by atoms with Crippen LogP contribution in [-0.4, -0.2) is 88.5 Å². The second-order valence-corrected chi connectivity index (χ2v) is 13.4. The molecule has 1 aromatic carbocycles. The SMILES string of the molecule is CC(C)(C)OC(=O)N1[C@@H]2CC[C@@]1(C)CN(c1nc(OCC3(CN4CC[C@@H](F)C4)CC3)nc3c(F)cc(F)cc13)C2. The molecular weight excluding hydrogens is 523 g/mol. The van der Waals surface area contributed by atoms with Crippen LogP contribution in [0.4, 0.5) is 23.8 Å². The number of rotatable bonds is 6. The Morgan fingerprint density at radius 1 is 1.12 bits per heavy atom. The summed E-state index contributed by atoms with van der Waals surface area (Å²) in [6.07, 6.45) is 2.93. The molecule has 0 spiro atoms. The number of halogens is 3. The topological polar surface area (TPSA) is 71.0 Å². The minimum absolute atomic E-state index is 0.00173. The molecule has 1 amide bonds. The summed E-state index contributed by atoms with van der Waals surface area (Å²) in [6.45, 7) is 10.7. The number of amides is 1. The molecule has 3 saturated heterocycles. The number of hydrogen-bond acceptors (Lipinski definition) is 7. The highest BCUT2D eigenvalue weighted by Gasteiger charge is 2.52. The van der Waals surface area contributed by atoms with Gasteiger partial charge in [-0.3, -0.25) is 9.80 Å². The van der Waals surface area contributed by atoms with E-state index in [-0.39, 0.29) is 34.5 Å². The number of hydrogen-bond donors (Lipinski definition) is 0. The lowest BCUT2D eigenvalue weighted by Gasteiger charge is -2.47. The van der Waals surface area contributed by atoms with Crippen molar-refractivity contribution in [1.29, 1.82) is 0 Å². The number of benzene rings is 1. The summed E-state index contributed by atoms with van der Waals surface area (Å²) >= 11 is 0. The molecule has 2 bridgehead atoms. The van der Waals surface area contributed by atoms with Crippen LogP contribution >= 0.6 is 0 Å². The number of anilines is 1. The molecule has 4 aliphatic rings. The zero-order valence-electron chi connectivity index (χ0n) is 23.7.